The van der Waals surface area contributed by atoms with E-state index in [0.29, 0.717) is 10.8 Å². The number of amides is 2. The Morgan fingerprint density at radius 3 is 2.50 bits per heavy atom. The second kappa shape index (κ2) is 12.3. The fourth-order valence-electron chi connectivity index (χ4n) is 3.88. The lowest BCUT2D eigenvalue weighted by Gasteiger charge is -2.31. The molecular formula is C25H30ClFN2O2S. The maximum Gasteiger partial charge on any atom is 0.242 e. The van der Waals surface area contributed by atoms with Gasteiger partial charge in [-0.15, -0.1) is 11.8 Å². The Kier molecular flexibility index (Phi) is 9.42. The molecule has 32 heavy (non-hydrogen) atoms. The monoisotopic (exact) mass is 476 g/mol. The molecule has 1 fully saturated rings. The van der Waals surface area contributed by atoms with Crippen LogP contribution < -0.4 is 5.32 Å². The van der Waals surface area contributed by atoms with Gasteiger partial charge in [-0.25, -0.2) is 4.39 Å². The predicted molar refractivity (Wildman–Crippen MR) is 129 cm³/mol. The van der Waals surface area contributed by atoms with Gasteiger partial charge in [-0.2, -0.15) is 0 Å². The summed E-state index contributed by atoms with van der Waals surface area (Å²) in [7, 11) is 0. The highest BCUT2D eigenvalue weighted by Crippen LogP contribution is 2.22. The minimum Gasteiger partial charge on any atom is -0.352 e. The molecule has 0 heterocycles. The maximum atomic E-state index is 13.3. The van der Waals surface area contributed by atoms with Crippen LogP contribution in [0, 0.1) is 5.82 Å². The zero-order valence-electron chi connectivity index (χ0n) is 18.4. The van der Waals surface area contributed by atoms with Gasteiger partial charge < -0.3 is 10.2 Å². The number of thioether (sulfide) groups is 1. The van der Waals surface area contributed by atoms with Crippen molar-refractivity contribution in [2.75, 3.05) is 5.75 Å². The molecule has 1 saturated carbocycles. The lowest BCUT2D eigenvalue weighted by Crippen LogP contribution is -2.50. The molecule has 0 aromatic heterocycles. The molecule has 4 nitrogen and oxygen atoms in total. The van der Waals surface area contributed by atoms with Crippen molar-refractivity contribution in [3.63, 3.8) is 0 Å². The Morgan fingerprint density at radius 1 is 1.12 bits per heavy atom. The largest absolute Gasteiger partial charge is 0.352 e. The van der Waals surface area contributed by atoms with Gasteiger partial charge >= 0.3 is 0 Å². The first-order valence-electron chi connectivity index (χ1n) is 11.1. The first-order chi connectivity index (χ1) is 15.4. The highest BCUT2D eigenvalue weighted by molar-refractivity contribution is 7.99. The van der Waals surface area contributed by atoms with Gasteiger partial charge in [0, 0.05) is 23.4 Å². The third-order valence-corrected chi connectivity index (χ3v) is 7.16. The Morgan fingerprint density at radius 2 is 1.81 bits per heavy atom. The molecule has 0 saturated heterocycles. The number of nitrogens with zero attached hydrogens (tertiary/aromatic N) is 1. The third kappa shape index (κ3) is 7.24. The van der Waals surface area contributed by atoms with Crippen LogP contribution in [0.15, 0.2) is 48.5 Å². The van der Waals surface area contributed by atoms with Crippen molar-refractivity contribution in [1.82, 2.24) is 10.2 Å². The molecule has 1 atom stereocenters. The van der Waals surface area contributed by atoms with Crippen LogP contribution >= 0.6 is 23.4 Å². The number of hydrogen-bond donors (Lipinski definition) is 1. The Balaban J connectivity index is 1.65. The van der Waals surface area contributed by atoms with Crippen molar-refractivity contribution < 1.29 is 14.0 Å². The summed E-state index contributed by atoms with van der Waals surface area (Å²) in [5.41, 5.74) is 1.76. The van der Waals surface area contributed by atoms with Crippen molar-refractivity contribution in [3.8, 4) is 0 Å². The SMILES string of the molecule is CC(C(=O)NC1CCCCC1)N(Cc1ccc(F)cc1)C(=O)CSCc1ccccc1Cl. The van der Waals surface area contributed by atoms with Gasteiger partial charge in [0.2, 0.25) is 11.8 Å². The molecule has 1 aliphatic carbocycles. The van der Waals surface area contributed by atoms with Gasteiger partial charge in [-0.3, -0.25) is 9.59 Å². The van der Waals surface area contributed by atoms with Gasteiger partial charge in [0.05, 0.1) is 5.75 Å². The average Bonchev–Trinajstić information content (AvgIpc) is 2.80. The van der Waals surface area contributed by atoms with Crippen LogP contribution in [-0.2, 0) is 21.9 Å². The van der Waals surface area contributed by atoms with Crippen LogP contribution in [0.4, 0.5) is 4.39 Å². The summed E-state index contributed by atoms with van der Waals surface area (Å²) in [6.07, 6.45) is 5.42. The molecule has 7 heteroatoms. The lowest BCUT2D eigenvalue weighted by molar-refractivity contribution is -0.139. The van der Waals surface area contributed by atoms with Gasteiger partial charge in [0.1, 0.15) is 11.9 Å². The van der Waals surface area contributed by atoms with Crippen molar-refractivity contribution >= 4 is 35.2 Å². The summed E-state index contributed by atoms with van der Waals surface area (Å²) in [5, 5.41) is 3.80. The van der Waals surface area contributed by atoms with Gasteiger partial charge in [-0.1, -0.05) is 61.2 Å². The van der Waals surface area contributed by atoms with Crippen molar-refractivity contribution in [3.05, 3.63) is 70.5 Å². The molecule has 2 aromatic carbocycles. The molecule has 0 spiro atoms. The highest BCUT2D eigenvalue weighted by Gasteiger charge is 2.28. The molecule has 3 rings (SSSR count). The highest BCUT2D eigenvalue weighted by atomic mass is 35.5. The molecule has 0 aliphatic heterocycles. The summed E-state index contributed by atoms with van der Waals surface area (Å²) < 4.78 is 13.3. The topological polar surface area (TPSA) is 49.4 Å². The van der Waals surface area contributed by atoms with E-state index in [-0.39, 0.29) is 36.0 Å². The van der Waals surface area contributed by atoms with Crippen LogP contribution in [0.25, 0.3) is 0 Å². The predicted octanol–water partition coefficient (Wildman–Crippen LogP) is 5.58. The van der Waals surface area contributed by atoms with E-state index < -0.39 is 6.04 Å². The van der Waals surface area contributed by atoms with E-state index in [1.54, 1.807) is 24.0 Å². The molecule has 2 aromatic rings. The van der Waals surface area contributed by atoms with E-state index in [1.165, 1.54) is 30.3 Å². The first kappa shape index (κ1) is 24.6. The molecule has 172 valence electrons. The van der Waals surface area contributed by atoms with E-state index in [2.05, 4.69) is 5.32 Å². The standard InChI is InChI=1S/C25H30ClFN2O2S/c1-18(25(31)28-22-8-3-2-4-9-22)29(15-19-11-13-21(27)14-12-19)24(30)17-32-16-20-7-5-6-10-23(20)26/h5-7,10-14,18,22H,2-4,8-9,15-17H2,1H3,(H,28,31). The molecular weight excluding hydrogens is 447 g/mol. The average molecular weight is 477 g/mol. The maximum absolute atomic E-state index is 13.3. The smallest absolute Gasteiger partial charge is 0.242 e. The summed E-state index contributed by atoms with van der Waals surface area (Å²) in [4.78, 5) is 27.7. The fraction of sp³-hybridized carbons (Fsp3) is 0.440. The molecule has 2 amide bonds. The third-order valence-electron chi connectivity index (χ3n) is 5.83. The summed E-state index contributed by atoms with van der Waals surface area (Å²) >= 11 is 7.68. The number of carbonyl (C=O) groups excluding carboxylic acids is 2. The second-order valence-electron chi connectivity index (χ2n) is 8.25. The van der Waals surface area contributed by atoms with Gasteiger partial charge in [0.15, 0.2) is 0 Å². The first-order valence-corrected chi connectivity index (χ1v) is 12.6. The molecule has 0 bridgehead atoms. The quantitative estimate of drug-likeness (QED) is 0.514. The van der Waals surface area contributed by atoms with Crippen LogP contribution in [0.3, 0.4) is 0 Å². The Labute approximate surface area is 198 Å². The number of halogens is 2. The summed E-state index contributed by atoms with van der Waals surface area (Å²) in [6, 6.07) is 13.2. The zero-order chi connectivity index (χ0) is 22.9. The van der Waals surface area contributed by atoms with Crippen LogP contribution in [0.1, 0.15) is 50.2 Å². The fourth-order valence-corrected chi connectivity index (χ4v) is 5.08. The second-order valence-corrected chi connectivity index (χ2v) is 9.64. The lowest BCUT2D eigenvalue weighted by atomic mass is 9.95. The van der Waals surface area contributed by atoms with Crippen LogP contribution in [0.5, 0.6) is 0 Å². The van der Waals surface area contributed by atoms with E-state index in [4.69, 9.17) is 11.6 Å². The minimum absolute atomic E-state index is 0.127. The van der Waals surface area contributed by atoms with Crippen molar-refractivity contribution in [2.45, 2.75) is 63.4 Å². The summed E-state index contributed by atoms with van der Waals surface area (Å²) in [5.74, 6) is 0.248. The van der Waals surface area contributed by atoms with Crippen LogP contribution in [-0.4, -0.2) is 34.6 Å². The number of nitrogens with one attached hydrogen (secondary N) is 1. The van der Waals surface area contributed by atoms with Crippen molar-refractivity contribution in [1.29, 1.82) is 0 Å². The molecule has 0 radical (unpaired) electrons. The van der Waals surface area contributed by atoms with E-state index in [1.807, 2.05) is 24.3 Å². The molecule has 1 N–H and O–H groups in total. The number of hydrogen-bond acceptors (Lipinski definition) is 3. The Hall–Kier alpha value is -2.05. The zero-order valence-corrected chi connectivity index (χ0v) is 19.9. The normalized spacial score (nSPS) is 15.2. The number of carbonyl (C=O) groups is 2. The molecule has 1 aliphatic rings. The molecule has 1 unspecified atom stereocenters. The van der Waals surface area contributed by atoms with Gasteiger partial charge in [0.25, 0.3) is 0 Å². The van der Waals surface area contributed by atoms with Gasteiger partial charge in [-0.05, 0) is 49.1 Å². The number of benzene rings is 2. The van der Waals surface area contributed by atoms with E-state index in [9.17, 15) is 14.0 Å². The van der Waals surface area contributed by atoms with Crippen molar-refractivity contribution in [2.24, 2.45) is 0 Å². The minimum atomic E-state index is -0.615. The van der Waals surface area contributed by atoms with E-state index >= 15 is 0 Å². The van der Waals surface area contributed by atoms with Crippen LogP contribution in [0.2, 0.25) is 5.02 Å². The van der Waals surface area contributed by atoms with E-state index in [0.717, 1.165) is 36.8 Å². The summed E-state index contributed by atoms with van der Waals surface area (Å²) in [6.45, 7) is 2.02. The number of rotatable bonds is 9. The Bertz CT molecular complexity index is 903.